The zero-order valence-electron chi connectivity index (χ0n) is 10.0. The van der Waals surface area contributed by atoms with Gasteiger partial charge < -0.3 is 9.47 Å². The molecule has 1 atom stereocenters. The van der Waals surface area contributed by atoms with Gasteiger partial charge >= 0.3 is 11.9 Å². The quantitative estimate of drug-likeness (QED) is 0.395. The van der Waals surface area contributed by atoms with Gasteiger partial charge in [0.05, 0.1) is 13.7 Å². The maximum absolute atomic E-state index is 11.8. The lowest BCUT2D eigenvalue weighted by molar-refractivity contribution is -0.171. The average Bonchev–Trinajstić information content (AvgIpc) is 2.30. The average molecular weight is 251 g/mol. The molecule has 0 amide bonds. The first-order valence-corrected chi connectivity index (χ1v) is 5.94. The summed E-state index contributed by atoms with van der Waals surface area (Å²) in [5.74, 6) is -0.661. The van der Waals surface area contributed by atoms with Crippen LogP contribution < -0.4 is 0 Å². The molecular weight excluding hydrogens is 232 g/mol. The van der Waals surface area contributed by atoms with Crippen molar-refractivity contribution in [1.82, 2.24) is 0 Å². The van der Waals surface area contributed by atoms with Crippen LogP contribution in [-0.4, -0.2) is 31.5 Å². The molecule has 0 aromatic heterocycles. The van der Waals surface area contributed by atoms with Crippen LogP contribution in [0.3, 0.4) is 0 Å². The third kappa shape index (κ3) is 3.37. The van der Waals surface area contributed by atoms with E-state index >= 15 is 0 Å². The molecule has 0 aliphatic heterocycles. The molecule has 0 aromatic rings. The number of hydrogen-bond donors (Lipinski definition) is 0. The highest BCUT2D eigenvalue weighted by Crippen LogP contribution is 2.31. The van der Waals surface area contributed by atoms with E-state index in [1.54, 1.807) is 13.8 Å². The van der Waals surface area contributed by atoms with Crippen LogP contribution in [0.1, 0.15) is 33.1 Å². The van der Waals surface area contributed by atoms with Gasteiger partial charge in [-0.25, -0.2) is 0 Å². The number of carbonyl (C=O) groups is 2. The molecule has 5 heteroatoms. The molecule has 0 aromatic carbocycles. The molecule has 0 bridgehead atoms. The van der Waals surface area contributed by atoms with Crippen molar-refractivity contribution in [3.8, 4) is 0 Å². The van der Waals surface area contributed by atoms with Crippen molar-refractivity contribution in [1.29, 1.82) is 0 Å². The number of hydrogen-bond acceptors (Lipinski definition) is 4. The lowest BCUT2D eigenvalue weighted by Crippen LogP contribution is -2.41. The van der Waals surface area contributed by atoms with Crippen LogP contribution in [0.2, 0.25) is 0 Å². The van der Waals surface area contributed by atoms with E-state index in [9.17, 15) is 9.59 Å². The first-order chi connectivity index (χ1) is 7.58. The van der Waals surface area contributed by atoms with E-state index in [0.29, 0.717) is 25.1 Å². The molecule has 0 rings (SSSR count). The number of rotatable bonds is 7. The molecule has 0 heterocycles. The summed E-state index contributed by atoms with van der Waals surface area (Å²) in [6.07, 6.45) is 1.29. The Morgan fingerprint density at radius 2 is 1.88 bits per heavy atom. The summed E-state index contributed by atoms with van der Waals surface area (Å²) >= 11 is 5.59. The zero-order chi connectivity index (χ0) is 12.6. The van der Waals surface area contributed by atoms with Crippen molar-refractivity contribution in [2.75, 3.05) is 19.6 Å². The Bertz CT molecular complexity index is 242. The Hall–Kier alpha value is -0.770. The Kier molecular flexibility index (Phi) is 7.13. The van der Waals surface area contributed by atoms with Gasteiger partial charge in [0, 0.05) is 5.88 Å². The van der Waals surface area contributed by atoms with Gasteiger partial charge in [0.1, 0.15) is 0 Å². The smallest absolute Gasteiger partial charge is 0.323 e. The first-order valence-electron chi connectivity index (χ1n) is 5.40. The molecule has 0 aliphatic carbocycles. The van der Waals surface area contributed by atoms with Gasteiger partial charge in [0.15, 0.2) is 5.41 Å². The highest BCUT2D eigenvalue weighted by Gasteiger charge is 2.46. The topological polar surface area (TPSA) is 52.6 Å². The highest BCUT2D eigenvalue weighted by atomic mass is 35.5. The fourth-order valence-electron chi connectivity index (χ4n) is 1.59. The zero-order valence-corrected chi connectivity index (χ0v) is 10.8. The van der Waals surface area contributed by atoms with E-state index in [1.807, 2.05) is 0 Å². The maximum Gasteiger partial charge on any atom is 0.323 e. The van der Waals surface area contributed by atoms with Gasteiger partial charge in [0.25, 0.3) is 0 Å². The fraction of sp³-hybridized carbons (Fsp3) is 0.818. The lowest BCUT2D eigenvalue weighted by atomic mass is 9.81. The number of ether oxygens (including phenoxy) is 2. The largest absolute Gasteiger partial charge is 0.468 e. The monoisotopic (exact) mass is 250 g/mol. The summed E-state index contributed by atoms with van der Waals surface area (Å²) in [6, 6.07) is 0. The van der Waals surface area contributed by atoms with Crippen molar-refractivity contribution in [2.45, 2.75) is 33.1 Å². The molecule has 0 saturated carbocycles. The second-order valence-corrected chi connectivity index (χ2v) is 3.82. The van der Waals surface area contributed by atoms with Gasteiger partial charge in [-0.05, 0) is 26.2 Å². The van der Waals surface area contributed by atoms with Gasteiger partial charge in [-0.3, -0.25) is 9.59 Å². The maximum atomic E-state index is 11.8. The Morgan fingerprint density at radius 1 is 1.25 bits per heavy atom. The molecule has 0 radical (unpaired) electrons. The SMILES string of the molecule is CCOC(=O)C(CC)(CCCCl)C(=O)OC. The molecular formula is C11H19ClO4. The molecule has 0 fully saturated rings. The van der Waals surface area contributed by atoms with E-state index in [1.165, 1.54) is 7.11 Å². The summed E-state index contributed by atoms with van der Waals surface area (Å²) in [5.41, 5.74) is -1.19. The Balaban J connectivity index is 4.94. The van der Waals surface area contributed by atoms with Crippen molar-refractivity contribution in [2.24, 2.45) is 5.41 Å². The van der Waals surface area contributed by atoms with Gasteiger partial charge in [-0.2, -0.15) is 0 Å². The molecule has 94 valence electrons. The summed E-state index contributed by atoms with van der Waals surface area (Å²) in [4.78, 5) is 23.6. The van der Waals surface area contributed by atoms with Crippen LogP contribution in [0.4, 0.5) is 0 Å². The van der Waals surface area contributed by atoms with E-state index < -0.39 is 17.4 Å². The molecule has 0 spiro atoms. The number of methoxy groups -OCH3 is 1. The van der Waals surface area contributed by atoms with Crippen molar-refractivity contribution in [3.63, 3.8) is 0 Å². The minimum Gasteiger partial charge on any atom is -0.468 e. The minimum atomic E-state index is -1.19. The highest BCUT2D eigenvalue weighted by molar-refractivity contribution is 6.17. The molecule has 1 unspecified atom stereocenters. The number of alkyl halides is 1. The summed E-state index contributed by atoms with van der Waals surface area (Å²) < 4.78 is 9.62. The van der Waals surface area contributed by atoms with Crippen LogP contribution in [0.25, 0.3) is 0 Å². The second kappa shape index (κ2) is 7.49. The molecule has 4 nitrogen and oxygen atoms in total. The lowest BCUT2D eigenvalue weighted by Gasteiger charge is -2.26. The fourth-order valence-corrected chi connectivity index (χ4v) is 1.72. The number of esters is 2. The normalized spacial score (nSPS) is 14.0. The first kappa shape index (κ1) is 15.2. The standard InChI is InChI=1S/C11H19ClO4/c1-4-11(7-6-8-12,9(13)15-3)10(14)16-5-2/h4-8H2,1-3H3. The summed E-state index contributed by atoms with van der Waals surface area (Å²) in [5, 5.41) is 0. The van der Waals surface area contributed by atoms with Crippen LogP contribution in [0, 0.1) is 5.41 Å². The Labute approximate surface area is 101 Å². The molecule has 0 saturated heterocycles. The van der Waals surface area contributed by atoms with E-state index in [0.717, 1.165) is 0 Å². The predicted molar refractivity (Wildman–Crippen MR) is 61.3 cm³/mol. The van der Waals surface area contributed by atoms with Crippen LogP contribution in [0.15, 0.2) is 0 Å². The van der Waals surface area contributed by atoms with Gasteiger partial charge in [-0.15, -0.1) is 11.6 Å². The Morgan fingerprint density at radius 3 is 2.25 bits per heavy atom. The van der Waals surface area contributed by atoms with Crippen LogP contribution in [0.5, 0.6) is 0 Å². The van der Waals surface area contributed by atoms with Crippen molar-refractivity contribution in [3.05, 3.63) is 0 Å². The van der Waals surface area contributed by atoms with Gasteiger partial charge in [0.2, 0.25) is 0 Å². The van der Waals surface area contributed by atoms with E-state index in [2.05, 4.69) is 4.74 Å². The second-order valence-electron chi connectivity index (χ2n) is 3.44. The third-order valence-electron chi connectivity index (χ3n) is 2.58. The third-order valence-corrected chi connectivity index (χ3v) is 2.85. The van der Waals surface area contributed by atoms with E-state index in [-0.39, 0.29) is 6.61 Å². The molecule has 0 aliphatic rings. The minimum absolute atomic E-state index is 0.248. The summed E-state index contributed by atoms with van der Waals surface area (Å²) in [7, 11) is 1.27. The van der Waals surface area contributed by atoms with Crippen molar-refractivity contribution < 1.29 is 19.1 Å². The van der Waals surface area contributed by atoms with Crippen LogP contribution in [-0.2, 0) is 19.1 Å². The summed E-state index contributed by atoms with van der Waals surface area (Å²) in [6.45, 7) is 3.72. The van der Waals surface area contributed by atoms with Crippen LogP contribution >= 0.6 is 11.6 Å². The number of halogens is 1. The predicted octanol–water partition coefficient (Wildman–Crippen LogP) is 2.14. The molecule has 16 heavy (non-hydrogen) atoms. The van der Waals surface area contributed by atoms with E-state index in [4.69, 9.17) is 16.3 Å². The van der Waals surface area contributed by atoms with Gasteiger partial charge in [-0.1, -0.05) is 6.92 Å². The van der Waals surface area contributed by atoms with Crippen molar-refractivity contribution >= 4 is 23.5 Å². The molecule has 0 N–H and O–H groups in total. The number of carbonyl (C=O) groups excluding carboxylic acids is 2.